The number of hydrogen-bond donors (Lipinski definition) is 6. The smallest absolute Gasteiger partial charge is 0.335 e. The molecule has 15 nitrogen and oxygen atoms in total. The number of H-pyrrole nitrogens is 2. The average Bonchev–Trinajstić information content (AvgIpc) is 4.01. The van der Waals surface area contributed by atoms with Gasteiger partial charge in [0.15, 0.2) is 0 Å². The van der Waals surface area contributed by atoms with Crippen molar-refractivity contribution in [3.05, 3.63) is 113 Å². The van der Waals surface area contributed by atoms with Crippen molar-refractivity contribution in [2.75, 3.05) is 85.9 Å². The molecule has 2 fully saturated rings. The Bertz CT molecular complexity index is 2830. The molecule has 0 bridgehead atoms. The molecule has 0 atom stereocenters. The van der Waals surface area contributed by atoms with Crippen molar-refractivity contribution in [1.82, 2.24) is 20.2 Å². The normalized spacial score (nSPS) is 15.4. The number of amides is 1. The Labute approximate surface area is 371 Å². The van der Waals surface area contributed by atoms with E-state index in [1.54, 1.807) is 29.5 Å². The number of nitrogens with one attached hydrogen (secondary N) is 5. The van der Waals surface area contributed by atoms with Gasteiger partial charge in [-0.1, -0.05) is 0 Å². The summed E-state index contributed by atoms with van der Waals surface area (Å²) in [5.74, 6) is -1.02. The number of pyridine rings is 2. The van der Waals surface area contributed by atoms with E-state index in [2.05, 4.69) is 47.9 Å². The van der Waals surface area contributed by atoms with Gasteiger partial charge in [-0.2, -0.15) is 10.5 Å². The number of nitrogens with zero attached hydrogens (tertiary/aromatic N) is 5. The van der Waals surface area contributed by atoms with Gasteiger partial charge in [0, 0.05) is 92.9 Å². The molecular formula is C44H45ClN10O5S2. The lowest BCUT2D eigenvalue weighted by atomic mass is 10.0. The first-order valence-electron chi connectivity index (χ1n) is 20.3. The Hall–Kier alpha value is -6.37. The lowest BCUT2D eigenvalue weighted by Gasteiger charge is -2.35. The number of hydrogen-bond acceptors (Lipinski definition) is 13. The van der Waals surface area contributed by atoms with Crippen molar-refractivity contribution in [3.63, 3.8) is 0 Å². The fourth-order valence-corrected chi connectivity index (χ4v) is 9.81. The number of carboxylic acids is 1. The number of carbonyl (C=O) groups excluding carboxylic acids is 1. The van der Waals surface area contributed by atoms with Gasteiger partial charge in [-0.3, -0.25) is 14.4 Å². The van der Waals surface area contributed by atoms with Crippen LogP contribution in [0.3, 0.4) is 0 Å². The SMILES string of the molecule is Cl.N#Cc1ccc(N2CCN(C(=O)c3ccc4c5c(c(=O)[nH]c4c3)CCCN5)CC2)s1.N#Cc1ccc(N2CCNCC2)s1.O=C(O)c1ccc2c3c(c(=O)[nH]c2c1)CCCN3. The first kappa shape index (κ1) is 43.7. The molecule has 62 heavy (non-hydrogen) atoms. The molecule has 10 rings (SSSR count). The van der Waals surface area contributed by atoms with Crippen LogP contribution >= 0.6 is 35.1 Å². The summed E-state index contributed by atoms with van der Waals surface area (Å²) in [5, 5.41) is 40.6. The molecule has 18 heteroatoms. The Morgan fingerprint density at radius 3 is 1.60 bits per heavy atom. The number of piperazine rings is 2. The number of benzene rings is 2. The number of aromatic carboxylic acids is 1. The standard InChI is InChI=1S/C22H21N5O2S.C13H12N2O3.C9H11N3S.ClH/c23-13-15-4-6-19(30-15)26-8-10-27(11-9-26)22(29)14-3-5-16-18(12-14)25-21(28)17-2-1-7-24-20(16)17;16-12-9-2-1-5-14-11(9)8-4-3-7(13(17)18)6-10(8)15-12;10-7-8-1-2-9(13-8)12-5-3-11-4-6-12;/h3-6,12,24H,1-2,7-11H2,(H,25,28);3-4,6,14H,1-2,5H2,(H,15,16)(H,17,18);1-2,11H,3-6H2;1H. The lowest BCUT2D eigenvalue weighted by molar-refractivity contribution is 0.0695. The van der Waals surface area contributed by atoms with E-state index in [0.29, 0.717) is 34.6 Å². The van der Waals surface area contributed by atoms with Gasteiger partial charge in [-0.05, 0) is 86.3 Å². The van der Waals surface area contributed by atoms with Gasteiger partial charge in [0.1, 0.15) is 21.9 Å². The largest absolute Gasteiger partial charge is 0.478 e. The monoisotopic (exact) mass is 892 g/mol. The van der Waals surface area contributed by atoms with Crippen molar-refractivity contribution >= 4 is 90.1 Å². The number of nitriles is 2. The van der Waals surface area contributed by atoms with Gasteiger partial charge < -0.3 is 45.7 Å². The molecule has 320 valence electrons. The van der Waals surface area contributed by atoms with Gasteiger partial charge >= 0.3 is 5.97 Å². The van der Waals surface area contributed by atoms with E-state index < -0.39 is 5.97 Å². The number of carboxylic acid groups (broad SMARTS) is 1. The molecule has 6 N–H and O–H groups in total. The van der Waals surface area contributed by atoms with Crippen LogP contribution in [0.5, 0.6) is 0 Å². The van der Waals surface area contributed by atoms with E-state index in [9.17, 15) is 19.2 Å². The maximum Gasteiger partial charge on any atom is 0.335 e. The summed E-state index contributed by atoms with van der Waals surface area (Å²) >= 11 is 3.06. The maximum atomic E-state index is 13.1. The van der Waals surface area contributed by atoms with Gasteiger partial charge in [-0.15, -0.1) is 35.1 Å². The molecule has 2 aromatic carbocycles. The number of anilines is 4. The predicted octanol–water partition coefficient (Wildman–Crippen LogP) is 5.82. The van der Waals surface area contributed by atoms with Crippen molar-refractivity contribution in [3.8, 4) is 12.1 Å². The summed E-state index contributed by atoms with van der Waals surface area (Å²) in [5.41, 5.74) is 5.13. The molecule has 0 spiro atoms. The molecule has 2 saturated heterocycles. The average molecular weight is 893 g/mol. The van der Waals surface area contributed by atoms with Crippen molar-refractivity contribution < 1.29 is 14.7 Å². The predicted molar refractivity (Wildman–Crippen MR) is 248 cm³/mol. The number of fused-ring (bicyclic) bond motifs is 6. The van der Waals surface area contributed by atoms with Crippen LogP contribution in [0.25, 0.3) is 21.8 Å². The Kier molecular flexibility index (Phi) is 13.8. The summed E-state index contributed by atoms with van der Waals surface area (Å²) < 4.78 is 0. The molecule has 4 aromatic heterocycles. The molecule has 8 heterocycles. The number of carbonyl (C=O) groups is 2. The highest BCUT2D eigenvalue weighted by Crippen LogP contribution is 2.31. The third-order valence-corrected chi connectivity index (χ3v) is 13.3. The third kappa shape index (κ3) is 9.41. The van der Waals surface area contributed by atoms with Gasteiger partial charge in [0.05, 0.1) is 38.0 Å². The number of aromatic amines is 2. The molecule has 4 aliphatic heterocycles. The van der Waals surface area contributed by atoms with Crippen LogP contribution in [-0.4, -0.2) is 97.3 Å². The summed E-state index contributed by atoms with van der Waals surface area (Å²) in [4.78, 5) is 61.9. The highest BCUT2D eigenvalue weighted by Gasteiger charge is 2.25. The molecular weight excluding hydrogens is 848 g/mol. The first-order valence-corrected chi connectivity index (χ1v) is 21.9. The second-order valence-electron chi connectivity index (χ2n) is 15.0. The summed E-state index contributed by atoms with van der Waals surface area (Å²) in [6.45, 7) is 8.59. The molecule has 0 radical (unpaired) electrons. The lowest BCUT2D eigenvalue weighted by Crippen LogP contribution is -2.48. The van der Waals surface area contributed by atoms with Crippen LogP contribution < -0.4 is 36.9 Å². The summed E-state index contributed by atoms with van der Waals surface area (Å²) in [6.07, 6.45) is 3.43. The van der Waals surface area contributed by atoms with Crippen LogP contribution in [0.2, 0.25) is 0 Å². The Morgan fingerprint density at radius 1 is 0.629 bits per heavy atom. The molecule has 0 saturated carbocycles. The fourth-order valence-electron chi connectivity index (χ4n) is 8.10. The zero-order valence-electron chi connectivity index (χ0n) is 33.7. The minimum atomic E-state index is -0.997. The minimum absolute atomic E-state index is 0. The summed E-state index contributed by atoms with van der Waals surface area (Å²) in [7, 11) is 0. The van der Waals surface area contributed by atoms with Crippen LogP contribution in [-0.2, 0) is 12.8 Å². The van der Waals surface area contributed by atoms with E-state index in [0.717, 1.165) is 121 Å². The zero-order chi connectivity index (χ0) is 42.5. The second-order valence-corrected chi connectivity index (χ2v) is 17.1. The van der Waals surface area contributed by atoms with E-state index in [1.165, 1.54) is 22.4 Å². The van der Waals surface area contributed by atoms with E-state index in [1.807, 2.05) is 41.3 Å². The quantitative estimate of drug-likeness (QED) is 0.124. The zero-order valence-corrected chi connectivity index (χ0v) is 36.2. The first-order chi connectivity index (χ1) is 29.7. The van der Waals surface area contributed by atoms with E-state index in [-0.39, 0.29) is 35.0 Å². The Balaban J connectivity index is 0.000000153. The highest BCUT2D eigenvalue weighted by molar-refractivity contribution is 7.16. The summed E-state index contributed by atoms with van der Waals surface area (Å²) in [6, 6.07) is 22.4. The van der Waals surface area contributed by atoms with Gasteiger partial charge in [0.2, 0.25) is 0 Å². The molecule has 6 aromatic rings. The molecule has 1 amide bonds. The van der Waals surface area contributed by atoms with Gasteiger partial charge in [-0.25, -0.2) is 4.79 Å². The molecule has 0 aliphatic carbocycles. The van der Waals surface area contributed by atoms with Crippen LogP contribution in [0.15, 0.2) is 70.3 Å². The van der Waals surface area contributed by atoms with E-state index in [4.69, 9.17) is 15.6 Å². The molecule has 0 unspecified atom stereocenters. The third-order valence-electron chi connectivity index (χ3n) is 11.2. The van der Waals surface area contributed by atoms with Gasteiger partial charge in [0.25, 0.3) is 17.0 Å². The highest BCUT2D eigenvalue weighted by atomic mass is 35.5. The minimum Gasteiger partial charge on any atom is -0.478 e. The molecule has 4 aliphatic rings. The topological polar surface area (TPSA) is 213 Å². The maximum absolute atomic E-state index is 13.1. The fraction of sp³-hybridized carbons (Fsp3) is 0.318. The van der Waals surface area contributed by atoms with Crippen molar-refractivity contribution in [2.45, 2.75) is 25.7 Å². The van der Waals surface area contributed by atoms with Crippen LogP contribution in [0.1, 0.15) is 54.4 Å². The second kappa shape index (κ2) is 19.6. The van der Waals surface area contributed by atoms with Crippen LogP contribution in [0, 0.1) is 22.7 Å². The Morgan fingerprint density at radius 2 is 1.11 bits per heavy atom. The number of rotatable bonds is 4. The van der Waals surface area contributed by atoms with E-state index >= 15 is 0 Å². The number of halogens is 1. The number of thiophene rings is 2. The number of aromatic nitrogens is 2. The van der Waals surface area contributed by atoms with Crippen molar-refractivity contribution in [1.29, 1.82) is 10.5 Å². The van der Waals surface area contributed by atoms with Crippen molar-refractivity contribution in [2.24, 2.45) is 0 Å². The van der Waals surface area contributed by atoms with Crippen LogP contribution in [0.4, 0.5) is 21.4 Å².